The van der Waals surface area contributed by atoms with Gasteiger partial charge in [0, 0.05) is 18.7 Å². The summed E-state index contributed by atoms with van der Waals surface area (Å²) < 4.78 is 31.7. The zero-order valence-corrected chi connectivity index (χ0v) is 10.5. The lowest BCUT2D eigenvalue weighted by Gasteiger charge is -2.07. The van der Waals surface area contributed by atoms with Crippen molar-refractivity contribution in [2.75, 3.05) is 6.54 Å². The number of nitrogens with zero attached hydrogens (tertiary/aromatic N) is 1. The minimum Gasteiger partial charge on any atom is -0.436 e. The zero-order valence-electron chi connectivity index (χ0n) is 10.5. The molecule has 0 radical (unpaired) electrons. The van der Waals surface area contributed by atoms with E-state index in [4.69, 9.17) is 4.74 Å². The van der Waals surface area contributed by atoms with Gasteiger partial charge in [-0.15, -0.1) is 0 Å². The van der Waals surface area contributed by atoms with E-state index in [1.165, 1.54) is 0 Å². The average molecular weight is 264 g/mol. The summed E-state index contributed by atoms with van der Waals surface area (Å²) in [5, 5.41) is 3.12. The Labute approximate surface area is 110 Å². The Balaban J connectivity index is 2.16. The monoisotopic (exact) mass is 264 g/mol. The molecule has 0 unspecified atom stereocenters. The fourth-order valence-electron chi connectivity index (χ4n) is 1.53. The molecule has 1 aromatic carbocycles. The molecule has 0 saturated carbocycles. The number of rotatable bonds is 5. The van der Waals surface area contributed by atoms with E-state index in [-0.39, 0.29) is 11.6 Å². The first-order valence-corrected chi connectivity index (χ1v) is 5.98. The van der Waals surface area contributed by atoms with Crippen molar-refractivity contribution in [3.8, 4) is 11.6 Å². The van der Waals surface area contributed by atoms with Crippen molar-refractivity contribution in [2.45, 2.75) is 13.5 Å². The molecule has 19 heavy (non-hydrogen) atoms. The van der Waals surface area contributed by atoms with Gasteiger partial charge in [-0.1, -0.05) is 13.0 Å². The van der Waals surface area contributed by atoms with Gasteiger partial charge in [0.2, 0.25) is 5.88 Å². The van der Waals surface area contributed by atoms with Crippen molar-refractivity contribution in [3.05, 3.63) is 53.7 Å². The highest BCUT2D eigenvalue weighted by Crippen LogP contribution is 2.23. The number of halogens is 2. The van der Waals surface area contributed by atoms with Crippen molar-refractivity contribution in [3.63, 3.8) is 0 Å². The topological polar surface area (TPSA) is 34.1 Å². The zero-order chi connectivity index (χ0) is 13.7. The van der Waals surface area contributed by atoms with Gasteiger partial charge in [-0.2, -0.15) is 0 Å². The van der Waals surface area contributed by atoms with Crippen LogP contribution in [0.3, 0.4) is 0 Å². The first-order valence-electron chi connectivity index (χ1n) is 5.98. The van der Waals surface area contributed by atoms with E-state index < -0.39 is 11.6 Å². The number of nitrogens with one attached hydrogen (secondary N) is 1. The first-order chi connectivity index (χ1) is 9.19. The van der Waals surface area contributed by atoms with Gasteiger partial charge in [-0.05, 0) is 24.7 Å². The van der Waals surface area contributed by atoms with E-state index in [9.17, 15) is 8.78 Å². The van der Waals surface area contributed by atoms with Gasteiger partial charge in [0.1, 0.15) is 5.82 Å². The Morgan fingerprint density at radius 1 is 1.21 bits per heavy atom. The lowest BCUT2D eigenvalue weighted by Crippen LogP contribution is -2.12. The van der Waals surface area contributed by atoms with Crippen molar-refractivity contribution < 1.29 is 13.5 Å². The molecule has 5 heteroatoms. The van der Waals surface area contributed by atoms with Crippen LogP contribution >= 0.6 is 0 Å². The van der Waals surface area contributed by atoms with Crippen LogP contribution in [0.2, 0.25) is 0 Å². The summed E-state index contributed by atoms with van der Waals surface area (Å²) >= 11 is 0. The molecule has 0 aliphatic rings. The predicted octanol–water partition coefficient (Wildman–Crippen LogP) is 3.26. The molecule has 0 saturated heterocycles. The van der Waals surface area contributed by atoms with Crippen molar-refractivity contribution in [2.24, 2.45) is 0 Å². The number of pyridine rings is 1. The Morgan fingerprint density at radius 2 is 2.05 bits per heavy atom. The fraction of sp³-hybridized carbons (Fsp3) is 0.214. The van der Waals surface area contributed by atoms with E-state index in [1.54, 1.807) is 12.1 Å². The normalized spacial score (nSPS) is 10.5. The Kier molecular flexibility index (Phi) is 4.41. The summed E-state index contributed by atoms with van der Waals surface area (Å²) in [7, 11) is 0. The van der Waals surface area contributed by atoms with Crippen LogP contribution in [0.25, 0.3) is 0 Å². The molecule has 1 heterocycles. The number of hydrogen-bond donors (Lipinski definition) is 1. The third-order valence-corrected chi connectivity index (χ3v) is 2.45. The van der Waals surface area contributed by atoms with E-state index in [2.05, 4.69) is 10.3 Å². The average Bonchev–Trinajstić information content (AvgIpc) is 2.41. The molecule has 2 aromatic rings. The molecule has 0 fully saturated rings. The summed E-state index contributed by atoms with van der Waals surface area (Å²) in [4.78, 5) is 4.20. The second-order valence-electron chi connectivity index (χ2n) is 3.92. The summed E-state index contributed by atoms with van der Waals surface area (Å²) in [5.41, 5.74) is 0.774. The summed E-state index contributed by atoms with van der Waals surface area (Å²) in [6.07, 6.45) is 0. The largest absolute Gasteiger partial charge is 0.436 e. The minimum absolute atomic E-state index is 0.173. The maximum atomic E-state index is 13.4. The summed E-state index contributed by atoms with van der Waals surface area (Å²) in [6, 6.07) is 8.24. The quantitative estimate of drug-likeness (QED) is 0.900. The standard InChI is InChI=1S/C14H14F2N2O/c1-2-17-9-11-4-3-5-14(18-11)19-13-8-10(15)6-7-12(13)16/h3-8,17H,2,9H2,1H3. The second kappa shape index (κ2) is 6.24. The van der Waals surface area contributed by atoms with Crippen LogP contribution in [-0.4, -0.2) is 11.5 Å². The van der Waals surface area contributed by atoms with E-state index in [0.29, 0.717) is 6.54 Å². The van der Waals surface area contributed by atoms with Crippen molar-refractivity contribution >= 4 is 0 Å². The van der Waals surface area contributed by atoms with Crippen molar-refractivity contribution in [1.29, 1.82) is 0 Å². The Hall–Kier alpha value is -2.01. The van der Waals surface area contributed by atoms with Gasteiger partial charge in [-0.3, -0.25) is 0 Å². The molecule has 0 atom stereocenters. The number of ether oxygens (including phenoxy) is 1. The molecule has 0 amide bonds. The predicted molar refractivity (Wildman–Crippen MR) is 68.0 cm³/mol. The van der Waals surface area contributed by atoms with Crippen LogP contribution in [0.15, 0.2) is 36.4 Å². The molecule has 0 aliphatic carbocycles. The van der Waals surface area contributed by atoms with Gasteiger partial charge < -0.3 is 10.1 Å². The van der Waals surface area contributed by atoms with Gasteiger partial charge in [0.15, 0.2) is 11.6 Å². The van der Waals surface area contributed by atoms with E-state index >= 15 is 0 Å². The Bertz CT molecular complexity index is 561. The lowest BCUT2D eigenvalue weighted by atomic mass is 10.3. The SMILES string of the molecule is CCNCc1cccc(Oc2cc(F)ccc2F)n1. The second-order valence-corrected chi connectivity index (χ2v) is 3.92. The number of benzene rings is 1. The highest BCUT2D eigenvalue weighted by molar-refractivity contribution is 5.29. The van der Waals surface area contributed by atoms with Gasteiger partial charge in [-0.25, -0.2) is 13.8 Å². The third-order valence-electron chi connectivity index (χ3n) is 2.45. The highest BCUT2D eigenvalue weighted by atomic mass is 19.1. The van der Waals surface area contributed by atoms with Crippen LogP contribution in [-0.2, 0) is 6.54 Å². The summed E-state index contributed by atoms with van der Waals surface area (Å²) in [5.74, 6) is -1.12. The van der Waals surface area contributed by atoms with E-state index in [0.717, 1.165) is 30.4 Å². The summed E-state index contributed by atoms with van der Waals surface area (Å²) in [6.45, 7) is 3.41. The smallest absolute Gasteiger partial charge is 0.219 e. The molecule has 100 valence electrons. The number of hydrogen-bond acceptors (Lipinski definition) is 3. The maximum absolute atomic E-state index is 13.4. The number of aromatic nitrogens is 1. The van der Waals surface area contributed by atoms with Crippen LogP contribution in [0.5, 0.6) is 11.6 Å². The third kappa shape index (κ3) is 3.72. The van der Waals surface area contributed by atoms with Crippen LogP contribution in [0, 0.1) is 11.6 Å². The molecule has 0 bridgehead atoms. The lowest BCUT2D eigenvalue weighted by molar-refractivity contribution is 0.420. The van der Waals surface area contributed by atoms with Crippen molar-refractivity contribution in [1.82, 2.24) is 10.3 Å². The molecule has 3 nitrogen and oxygen atoms in total. The Morgan fingerprint density at radius 3 is 2.84 bits per heavy atom. The van der Waals surface area contributed by atoms with Crippen LogP contribution < -0.4 is 10.1 Å². The van der Waals surface area contributed by atoms with Gasteiger partial charge in [0.25, 0.3) is 0 Å². The molecule has 0 spiro atoms. The van der Waals surface area contributed by atoms with Gasteiger partial charge >= 0.3 is 0 Å². The molecule has 1 aromatic heterocycles. The van der Waals surface area contributed by atoms with Gasteiger partial charge in [0.05, 0.1) is 5.69 Å². The van der Waals surface area contributed by atoms with E-state index in [1.807, 2.05) is 13.0 Å². The molecular formula is C14H14F2N2O. The molecule has 0 aliphatic heterocycles. The highest BCUT2D eigenvalue weighted by Gasteiger charge is 2.07. The molecular weight excluding hydrogens is 250 g/mol. The maximum Gasteiger partial charge on any atom is 0.219 e. The fourth-order valence-corrected chi connectivity index (χ4v) is 1.53. The van der Waals surface area contributed by atoms with Crippen LogP contribution in [0.4, 0.5) is 8.78 Å². The van der Waals surface area contributed by atoms with Crippen LogP contribution in [0.1, 0.15) is 12.6 Å². The first kappa shape index (κ1) is 13.4. The molecule has 1 N–H and O–H groups in total. The minimum atomic E-state index is -0.625. The molecule has 2 rings (SSSR count).